The van der Waals surface area contributed by atoms with Crippen LogP contribution in [0, 0.1) is 0 Å². The monoisotopic (exact) mass is 810 g/mol. The van der Waals surface area contributed by atoms with Gasteiger partial charge in [0.1, 0.15) is 24.4 Å². The fraction of sp³-hybridized carbons (Fsp3) is 0.896. The van der Waals surface area contributed by atoms with E-state index in [0.29, 0.717) is 6.42 Å². The summed E-state index contributed by atoms with van der Waals surface area (Å²) in [6.07, 6.45) is 39.3. The zero-order valence-electron chi connectivity index (χ0n) is 36.9. The molecule has 7 unspecified atom stereocenters. The third-order valence-electron chi connectivity index (χ3n) is 11.5. The molecule has 0 spiro atoms. The molecule has 9 nitrogen and oxygen atoms in total. The Morgan fingerprint density at radius 2 is 1.00 bits per heavy atom. The predicted molar refractivity (Wildman–Crippen MR) is 235 cm³/mol. The van der Waals surface area contributed by atoms with Gasteiger partial charge in [0.25, 0.3) is 0 Å². The fourth-order valence-corrected chi connectivity index (χ4v) is 7.64. The van der Waals surface area contributed by atoms with Gasteiger partial charge in [0.05, 0.1) is 25.4 Å². The molecule has 1 aliphatic heterocycles. The molecule has 0 aromatic rings. The van der Waals surface area contributed by atoms with E-state index in [-0.39, 0.29) is 12.5 Å². The summed E-state index contributed by atoms with van der Waals surface area (Å²) in [6, 6.07) is -0.816. The van der Waals surface area contributed by atoms with E-state index in [0.717, 1.165) is 38.5 Å². The van der Waals surface area contributed by atoms with Gasteiger partial charge in [-0.1, -0.05) is 205 Å². The number of carbonyl (C=O) groups is 1. The number of nitrogens with one attached hydrogen (secondary N) is 1. The van der Waals surface area contributed by atoms with Crippen molar-refractivity contribution in [1.29, 1.82) is 0 Å². The number of aliphatic hydroxyl groups excluding tert-OH is 5. The first-order chi connectivity index (χ1) is 27.8. The number of ether oxygens (including phenoxy) is 2. The minimum atomic E-state index is -1.57. The van der Waals surface area contributed by atoms with Gasteiger partial charge >= 0.3 is 0 Å². The third kappa shape index (κ3) is 29.5. The van der Waals surface area contributed by atoms with Crippen molar-refractivity contribution >= 4 is 5.91 Å². The minimum absolute atomic E-state index is 0.184. The molecule has 1 fully saturated rings. The van der Waals surface area contributed by atoms with Crippen LogP contribution in [-0.2, 0) is 14.3 Å². The van der Waals surface area contributed by atoms with Gasteiger partial charge in [-0.2, -0.15) is 0 Å². The van der Waals surface area contributed by atoms with E-state index < -0.39 is 49.5 Å². The highest BCUT2D eigenvalue weighted by molar-refractivity contribution is 5.76. The van der Waals surface area contributed by atoms with Crippen LogP contribution in [0.4, 0.5) is 0 Å². The molecule has 1 aliphatic rings. The molecule has 0 radical (unpaired) electrons. The van der Waals surface area contributed by atoms with Crippen molar-refractivity contribution < 1.29 is 39.8 Å². The summed E-state index contributed by atoms with van der Waals surface area (Å²) in [4.78, 5) is 13.0. The van der Waals surface area contributed by atoms with Crippen molar-refractivity contribution in [1.82, 2.24) is 5.32 Å². The Morgan fingerprint density at radius 3 is 1.47 bits per heavy atom. The van der Waals surface area contributed by atoms with Crippen LogP contribution in [-0.4, -0.2) is 87.5 Å². The van der Waals surface area contributed by atoms with Crippen molar-refractivity contribution in [2.75, 3.05) is 13.2 Å². The summed E-state index contributed by atoms with van der Waals surface area (Å²) >= 11 is 0. The molecule has 336 valence electrons. The summed E-state index contributed by atoms with van der Waals surface area (Å²) in [5, 5.41) is 54.2. The SMILES string of the molecule is CCCCCCCCCCCCC/C=C/CC/C=C/C(O)C(COC1OC(CO)C(O)C(O)C1O)NC(=O)CCCCCCCCCCCCCCCCCCC. The van der Waals surface area contributed by atoms with Gasteiger partial charge in [-0.25, -0.2) is 0 Å². The van der Waals surface area contributed by atoms with Crippen molar-refractivity contribution in [2.24, 2.45) is 0 Å². The van der Waals surface area contributed by atoms with Crippen LogP contribution in [0.2, 0.25) is 0 Å². The van der Waals surface area contributed by atoms with E-state index in [1.165, 1.54) is 161 Å². The Kier molecular flexibility index (Phi) is 36.6. The molecular weight excluding hydrogens is 719 g/mol. The van der Waals surface area contributed by atoms with Gasteiger partial charge in [0.2, 0.25) is 5.91 Å². The van der Waals surface area contributed by atoms with E-state index in [4.69, 9.17) is 9.47 Å². The zero-order chi connectivity index (χ0) is 41.6. The topological polar surface area (TPSA) is 149 Å². The van der Waals surface area contributed by atoms with Crippen molar-refractivity contribution in [3.63, 3.8) is 0 Å². The highest BCUT2D eigenvalue weighted by Gasteiger charge is 2.44. The van der Waals surface area contributed by atoms with Crippen LogP contribution < -0.4 is 5.32 Å². The number of amides is 1. The quantitative estimate of drug-likeness (QED) is 0.0265. The van der Waals surface area contributed by atoms with Gasteiger partial charge in [0, 0.05) is 6.42 Å². The van der Waals surface area contributed by atoms with Gasteiger partial charge in [-0.05, 0) is 32.1 Å². The fourth-order valence-electron chi connectivity index (χ4n) is 7.64. The molecule has 0 aromatic heterocycles. The maximum atomic E-state index is 13.0. The largest absolute Gasteiger partial charge is 0.394 e. The minimum Gasteiger partial charge on any atom is -0.394 e. The molecular formula is C48H91NO8. The van der Waals surface area contributed by atoms with Crippen LogP contribution in [0.5, 0.6) is 0 Å². The average Bonchev–Trinajstić information content (AvgIpc) is 3.21. The molecule has 7 atom stereocenters. The summed E-state index contributed by atoms with van der Waals surface area (Å²) in [5.41, 5.74) is 0. The van der Waals surface area contributed by atoms with Crippen LogP contribution >= 0.6 is 0 Å². The Labute approximate surface area is 349 Å². The number of carbonyl (C=O) groups excluding carboxylic acids is 1. The predicted octanol–water partition coefficient (Wildman–Crippen LogP) is 10.3. The lowest BCUT2D eigenvalue weighted by Gasteiger charge is -2.40. The summed E-state index contributed by atoms with van der Waals surface area (Å²) < 4.78 is 11.2. The number of hydrogen-bond acceptors (Lipinski definition) is 8. The van der Waals surface area contributed by atoms with Gasteiger partial charge in [-0.3, -0.25) is 4.79 Å². The average molecular weight is 810 g/mol. The van der Waals surface area contributed by atoms with E-state index in [1.807, 2.05) is 6.08 Å². The number of hydrogen-bond donors (Lipinski definition) is 6. The Morgan fingerprint density at radius 1 is 0.579 bits per heavy atom. The molecule has 0 saturated carbocycles. The maximum absolute atomic E-state index is 13.0. The standard InChI is InChI=1S/C48H91NO8/c1-3-5-7-9-11-13-15-17-19-21-23-25-27-29-31-33-35-37-42(51)41(40-56-48-47(55)46(54)45(53)43(39-50)57-48)49-44(52)38-36-34-32-30-28-26-24-22-20-18-16-14-12-10-8-6-4-2/h27,29,35,37,41-43,45-48,50-51,53-55H,3-26,28,30-34,36,38-40H2,1-2H3,(H,49,52)/b29-27+,37-35+. The molecule has 1 rings (SSSR count). The van der Waals surface area contributed by atoms with E-state index in [2.05, 4.69) is 31.3 Å². The lowest BCUT2D eigenvalue weighted by Crippen LogP contribution is -2.60. The normalized spacial score (nSPS) is 21.1. The van der Waals surface area contributed by atoms with Crippen LogP contribution in [0.1, 0.15) is 219 Å². The molecule has 57 heavy (non-hydrogen) atoms. The molecule has 0 aliphatic carbocycles. The highest BCUT2D eigenvalue weighted by atomic mass is 16.7. The lowest BCUT2D eigenvalue weighted by molar-refractivity contribution is -0.302. The third-order valence-corrected chi connectivity index (χ3v) is 11.5. The van der Waals surface area contributed by atoms with Crippen molar-refractivity contribution in [3.8, 4) is 0 Å². The summed E-state index contributed by atoms with van der Waals surface area (Å²) in [6.45, 7) is 3.77. The summed E-state index contributed by atoms with van der Waals surface area (Å²) in [5.74, 6) is -0.184. The first-order valence-electron chi connectivity index (χ1n) is 24.1. The second kappa shape index (κ2) is 38.8. The van der Waals surface area contributed by atoms with Crippen molar-refractivity contribution in [2.45, 2.75) is 262 Å². The molecule has 1 heterocycles. The Hall–Kier alpha value is -1.33. The van der Waals surface area contributed by atoms with Crippen molar-refractivity contribution in [3.05, 3.63) is 24.3 Å². The molecule has 1 saturated heterocycles. The number of aliphatic hydroxyl groups is 5. The van der Waals surface area contributed by atoms with E-state index in [1.54, 1.807) is 6.08 Å². The number of rotatable bonds is 40. The Bertz CT molecular complexity index is 945. The van der Waals surface area contributed by atoms with E-state index in [9.17, 15) is 30.3 Å². The smallest absolute Gasteiger partial charge is 0.220 e. The molecule has 6 N–H and O–H groups in total. The first kappa shape index (κ1) is 53.7. The lowest BCUT2D eigenvalue weighted by atomic mass is 9.99. The second-order valence-electron chi connectivity index (χ2n) is 16.9. The maximum Gasteiger partial charge on any atom is 0.220 e. The number of unbranched alkanes of at least 4 members (excludes halogenated alkanes) is 28. The van der Waals surface area contributed by atoms with Gasteiger partial charge < -0.3 is 40.3 Å². The molecule has 9 heteroatoms. The van der Waals surface area contributed by atoms with Crippen LogP contribution in [0.3, 0.4) is 0 Å². The highest BCUT2D eigenvalue weighted by Crippen LogP contribution is 2.23. The van der Waals surface area contributed by atoms with Gasteiger partial charge in [0.15, 0.2) is 6.29 Å². The molecule has 0 bridgehead atoms. The van der Waals surface area contributed by atoms with Crippen LogP contribution in [0.15, 0.2) is 24.3 Å². The second-order valence-corrected chi connectivity index (χ2v) is 16.9. The van der Waals surface area contributed by atoms with E-state index >= 15 is 0 Å². The van der Waals surface area contributed by atoms with Crippen LogP contribution in [0.25, 0.3) is 0 Å². The summed E-state index contributed by atoms with van der Waals surface area (Å²) in [7, 11) is 0. The molecule has 0 aromatic carbocycles. The number of allylic oxidation sites excluding steroid dienone is 3. The zero-order valence-corrected chi connectivity index (χ0v) is 36.9. The Balaban J connectivity index is 2.35. The molecule has 1 amide bonds. The van der Waals surface area contributed by atoms with Gasteiger partial charge in [-0.15, -0.1) is 0 Å². The first-order valence-corrected chi connectivity index (χ1v) is 24.1.